The Hall–Kier alpha value is -8.32. The van der Waals surface area contributed by atoms with Crippen molar-refractivity contribution in [3.05, 3.63) is 204 Å². The molecule has 2 heterocycles. The summed E-state index contributed by atoms with van der Waals surface area (Å²) in [6.45, 7) is 0. The van der Waals surface area contributed by atoms with E-state index in [0.29, 0.717) is 39.2 Å². The molecule has 10 rings (SSSR count). The zero-order valence-corrected chi connectivity index (χ0v) is 30.9. The fourth-order valence-corrected chi connectivity index (χ4v) is 8.36. The summed E-state index contributed by atoms with van der Waals surface area (Å²) >= 11 is 0. The highest BCUT2D eigenvalue weighted by atomic mass is 16.2. The quantitative estimate of drug-likeness (QED) is 0.159. The van der Waals surface area contributed by atoms with Gasteiger partial charge in [0.05, 0.1) is 56.8 Å². The molecule has 0 saturated heterocycles. The van der Waals surface area contributed by atoms with Gasteiger partial charge in [0.25, 0.3) is 11.8 Å². The molecule has 0 bridgehead atoms. The molecule has 8 aromatic carbocycles. The van der Waals surface area contributed by atoms with E-state index in [2.05, 4.69) is 36.4 Å². The first kappa shape index (κ1) is 34.2. The second-order valence-corrected chi connectivity index (χ2v) is 14.2. The van der Waals surface area contributed by atoms with Crippen LogP contribution in [-0.4, -0.2) is 16.4 Å². The van der Waals surface area contributed by atoms with Gasteiger partial charge in [0.2, 0.25) is 0 Å². The first-order valence-electron chi connectivity index (χ1n) is 18.9. The second kappa shape index (κ2) is 13.8. The van der Waals surface area contributed by atoms with Gasteiger partial charge in [0, 0.05) is 21.9 Å². The number of imide groups is 1. The largest absolute Gasteiger partial charge is 0.308 e. The topological polar surface area (TPSA) is 89.9 Å². The van der Waals surface area contributed by atoms with Gasteiger partial charge >= 0.3 is 0 Å². The van der Waals surface area contributed by atoms with Crippen LogP contribution in [0.25, 0.3) is 72.0 Å². The normalized spacial score (nSPS) is 12.1. The van der Waals surface area contributed by atoms with Crippen molar-refractivity contribution in [1.29, 1.82) is 10.5 Å². The lowest BCUT2D eigenvalue weighted by Gasteiger charge is -2.24. The molecule has 0 saturated carbocycles. The second-order valence-electron chi connectivity index (χ2n) is 14.2. The molecule has 0 N–H and O–H groups in total. The van der Waals surface area contributed by atoms with Crippen LogP contribution < -0.4 is 4.90 Å². The maximum atomic E-state index is 15.4. The molecule has 9 aromatic rings. The molecule has 6 nitrogen and oxygen atoms in total. The number of aromatic nitrogens is 1. The van der Waals surface area contributed by atoms with Crippen LogP contribution in [-0.2, 0) is 0 Å². The number of amides is 2. The van der Waals surface area contributed by atoms with Gasteiger partial charge in [-0.2, -0.15) is 10.5 Å². The zero-order chi connectivity index (χ0) is 39.3. The summed E-state index contributed by atoms with van der Waals surface area (Å²) in [5, 5.41) is 21.5. The van der Waals surface area contributed by atoms with E-state index < -0.39 is 11.8 Å². The number of benzene rings is 8. The van der Waals surface area contributed by atoms with E-state index in [0.717, 1.165) is 60.8 Å². The average molecular weight is 743 g/mol. The van der Waals surface area contributed by atoms with Crippen molar-refractivity contribution in [2.45, 2.75) is 0 Å². The molecule has 0 spiro atoms. The van der Waals surface area contributed by atoms with Gasteiger partial charge < -0.3 is 4.57 Å². The molecule has 1 aliphatic rings. The van der Waals surface area contributed by atoms with E-state index in [4.69, 9.17) is 0 Å². The summed E-state index contributed by atoms with van der Waals surface area (Å²) in [6, 6.07) is 63.0. The number of para-hydroxylation sites is 1. The minimum Gasteiger partial charge on any atom is -0.308 e. The summed E-state index contributed by atoms with van der Waals surface area (Å²) in [5.74, 6) is -0.820. The number of fused-ring (bicyclic) bond motifs is 4. The van der Waals surface area contributed by atoms with Crippen molar-refractivity contribution in [2.24, 2.45) is 0 Å². The molecule has 1 aromatic heterocycles. The van der Waals surface area contributed by atoms with Gasteiger partial charge in [-0.15, -0.1) is 0 Å². The van der Waals surface area contributed by atoms with Crippen LogP contribution in [0, 0.1) is 22.7 Å². The van der Waals surface area contributed by atoms with Crippen molar-refractivity contribution in [3.63, 3.8) is 0 Å². The average Bonchev–Trinajstić information content (AvgIpc) is 3.76. The molecule has 0 fully saturated rings. The highest BCUT2D eigenvalue weighted by Crippen LogP contribution is 2.47. The van der Waals surface area contributed by atoms with Crippen molar-refractivity contribution in [1.82, 2.24) is 4.57 Å². The van der Waals surface area contributed by atoms with Crippen LogP contribution in [0.5, 0.6) is 0 Å². The Morgan fingerprint density at radius 3 is 1.69 bits per heavy atom. The summed E-state index contributed by atoms with van der Waals surface area (Å²) in [7, 11) is 0. The van der Waals surface area contributed by atoms with Crippen molar-refractivity contribution in [3.8, 4) is 62.3 Å². The number of carbonyl (C=O) groups is 2. The van der Waals surface area contributed by atoms with Crippen molar-refractivity contribution >= 4 is 39.3 Å². The van der Waals surface area contributed by atoms with Crippen molar-refractivity contribution < 1.29 is 9.59 Å². The molecular weight excluding hydrogens is 713 g/mol. The van der Waals surface area contributed by atoms with E-state index in [1.165, 1.54) is 4.90 Å². The fourth-order valence-electron chi connectivity index (χ4n) is 8.36. The predicted molar refractivity (Wildman–Crippen MR) is 230 cm³/mol. The van der Waals surface area contributed by atoms with Gasteiger partial charge in [-0.25, -0.2) is 4.90 Å². The Morgan fingerprint density at radius 1 is 0.414 bits per heavy atom. The van der Waals surface area contributed by atoms with E-state index >= 15 is 4.79 Å². The van der Waals surface area contributed by atoms with Gasteiger partial charge in [-0.05, 0) is 81.9 Å². The summed E-state index contributed by atoms with van der Waals surface area (Å²) in [5.41, 5.74) is 10.9. The third-order valence-electron chi connectivity index (χ3n) is 11.0. The standard InChI is InChI=1S/C52H30N4O2/c53-31-33-23-25-40(39(27-33)32-54)37-24-26-42-41-19-10-11-21-46(41)55(48(42)30-37)47-22-12-20-43-49(47)52(58)56(51(43)57)50-44(35-15-6-2-7-16-35)28-38(34-13-4-1-5-14-34)29-45(50)36-17-8-3-9-18-36/h1-30H. The Bertz CT molecular complexity index is 3170. The first-order valence-corrected chi connectivity index (χ1v) is 18.9. The Labute approximate surface area is 334 Å². The SMILES string of the molecule is N#Cc1ccc(-c2ccc3c4ccccc4n(-c4cccc5c4C(=O)N(c4c(-c6ccccc6)cc(-c6ccccc6)cc4-c4ccccc4)C5=O)c3c2)c(C#N)c1. The van der Waals surface area contributed by atoms with Gasteiger partial charge in [0.1, 0.15) is 0 Å². The molecule has 0 radical (unpaired) electrons. The van der Waals surface area contributed by atoms with Gasteiger partial charge in [-0.3, -0.25) is 9.59 Å². The number of nitriles is 2. The molecule has 0 unspecified atom stereocenters. The number of nitrogens with zero attached hydrogens (tertiary/aromatic N) is 4. The third-order valence-corrected chi connectivity index (χ3v) is 11.0. The van der Waals surface area contributed by atoms with Crippen LogP contribution in [0.15, 0.2) is 182 Å². The molecule has 270 valence electrons. The number of hydrogen-bond acceptors (Lipinski definition) is 4. The van der Waals surface area contributed by atoms with E-state index in [9.17, 15) is 15.3 Å². The van der Waals surface area contributed by atoms with Gasteiger partial charge in [-0.1, -0.05) is 133 Å². The monoisotopic (exact) mass is 742 g/mol. The zero-order valence-electron chi connectivity index (χ0n) is 30.9. The molecule has 6 heteroatoms. The minimum absolute atomic E-state index is 0.307. The maximum absolute atomic E-state index is 15.4. The van der Waals surface area contributed by atoms with Crippen LogP contribution in [0.1, 0.15) is 31.8 Å². The van der Waals surface area contributed by atoms with Crippen LogP contribution in [0.4, 0.5) is 5.69 Å². The van der Waals surface area contributed by atoms with Gasteiger partial charge in [0.15, 0.2) is 0 Å². The fraction of sp³-hybridized carbons (Fsp3) is 0. The number of anilines is 1. The number of rotatable bonds is 6. The van der Waals surface area contributed by atoms with Crippen LogP contribution >= 0.6 is 0 Å². The molecule has 0 atom stereocenters. The summed E-state index contributed by atoms with van der Waals surface area (Å²) in [6.07, 6.45) is 0. The van der Waals surface area contributed by atoms with E-state index in [-0.39, 0.29) is 0 Å². The lowest BCUT2D eigenvalue weighted by atomic mass is 9.90. The summed E-state index contributed by atoms with van der Waals surface area (Å²) in [4.78, 5) is 31.7. The third kappa shape index (κ3) is 5.40. The van der Waals surface area contributed by atoms with Crippen LogP contribution in [0.2, 0.25) is 0 Å². The molecule has 58 heavy (non-hydrogen) atoms. The smallest absolute Gasteiger partial charge is 0.268 e. The van der Waals surface area contributed by atoms with Crippen molar-refractivity contribution in [2.75, 3.05) is 4.90 Å². The molecule has 0 aliphatic carbocycles. The number of hydrogen-bond donors (Lipinski definition) is 0. The highest BCUT2D eigenvalue weighted by molar-refractivity contribution is 6.37. The minimum atomic E-state index is -0.418. The molecular formula is C52H30N4O2. The number of carbonyl (C=O) groups excluding carboxylic acids is 2. The summed E-state index contributed by atoms with van der Waals surface area (Å²) < 4.78 is 2.05. The van der Waals surface area contributed by atoms with E-state index in [1.54, 1.807) is 24.3 Å². The maximum Gasteiger partial charge on any atom is 0.268 e. The Morgan fingerprint density at radius 2 is 1.03 bits per heavy atom. The Balaban J connectivity index is 1.22. The van der Waals surface area contributed by atoms with Crippen LogP contribution in [0.3, 0.4) is 0 Å². The van der Waals surface area contributed by atoms with E-state index in [1.807, 2.05) is 138 Å². The lowest BCUT2D eigenvalue weighted by molar-refractivity contribution is 0.0926. The molecule has 2 amide bonds. The first-order chi connectivity index (χ1) is 28.5. The molecule has 1 aliphatic heterocycles. The lowest BCUT2D eigenvalue weighted by Crippen LogP contribution is -2.30. The predicted octanol–water partition coefficient (Wildman–Crippen LogP) is 12.0. The Kier molecular flexibility index (Phi) is 8.11. The highest BCUT2D eigenvalue weighted by Gasteiger charge is 2.41.